The Kier molecular flexibility index (Phi) is 10.9. The Hall–Kier alpha value is 0.430. The van der Waals surface area contributed by atoms with Crippen molar-refractivity contribution in [3.63, 3.8) is 0 Å². The molecule has 0 aromatic heterocycles. The van der Waals surface area contributed by atoms with Crippen LogP contribution in [0.4, 0.5) is 0 Å². The molecule has 6 heteroatoms. The SMILES string of the molecule is CCCOCCS[P+]([S-])=NC=NC. The van der Waals surface area contributed by atoms with Crippen molar-refractivity contribution in [2.45, 2.75) is 13.3 Å². The molecule has 3 nitrogen and oxygen atoms in total. The summed E-state index contributed by atoms with van der Waals surface area (Å²) in [5.41, 5.74) is 0. The first-order chi connectivity index (χ1) is 6.31. The molecule has 0 heterocycles. The topological polar surface area (TPSA) is 34.0 Å². The maximum absolute atomic E-state index is 5.31. The highest BCUT2D eigenvalue weighted by Crippen LogP contribution is 2.37. The van der Waals surface area contributed by atoms with Gasteiger partial charge < -0.3 is 17.0 Å². The fourth-order valence-electron chi connectivity index (χ4n) is 0.548. The summed E-state index contributed by atoms with van der Waals surface area (Å²) in [7, 11) is 1.69. The minimum absolute atomic E-state index is 0.712. The van der Waals surface area contributed by atoms with Crippen molar-refractivity contribution in [1.29, 1.82) is 0 Å². The second-order valence-corrected chi connectivity index (χ2v) is 7.09. The van der Waals surface area contributed by atoms with Crippen LogP contribution >= 0.6 is 17.5 Å². The van der Waals surface area contributed by atoms with Gasteiger partial charge in [0.25, 0.3) is 0 Å². The summed E-state index contributed by atoms with van der Waals surface area (Å²) in [6.07, 6.45) is 1.88. The molecule has 1 unspecified atom stereocenters. The van der Waals surface area contributed by atoms with Gasteiger partial charge in [0.05, 0.1) is 23.7 Å². The molecule has 0 amide bonds. The first-order valence-corrected chi connectivity index (χ1v) is 8.00. The van der Waals surface area contributed by atoms with Crippen molar-refractivity contribution in [2.24, 2.45) is 9.74 Å². The van der Waals surface area contributed by atoms with Crippen LogP contribution in [0.3, 0.4) is 0 Å². The van der Waals surface area contributed by atoms with Crippen LogP contribution in [-0.2, 0) is 17.0 Å². The quantitative estimate of drug-likeness (QED) is 0.225. The average molecular weight is 238 g/mol. The van der Waals surface area contributed by atoms with Crippen LogP contribution in [0.1, 0.15) is 13.3 Å². The highest BCUT2D eigenvalue weighted by molar-refractivity contribution is 8.75. The van der Waals surface area contributed by atoms with Gasteiger partial charge in [0.1, 0.15) is 6.12 Å². The predicted octanol–water partition coefficient (Wildman–Crippen LogP) is 2.85. The van der Waals surface area contributed by atoms with E-state index in [0.29, 0.717) is 0 Å². The van der Waals surface area contributed by atoms with Gasteiger partial charge in [0.2, 0.25) is 0 Å². The lowest BCUT2D eigenvalue weighted by atomic mass is 10.5. The van der Waals surface area contributed by atoms with E-state index in [2.05, 4.69) is 16.7 Å². The van der Waals surface area contributed by atoms with E-state index in [1.807, 2.05) is 0 Å². The molecule has 0 aliphatic heterocycles. The summed E-state index contributed by atoms with van der Waals surface area (Å²) in [5, 5.41) is 0. The van der Waals surface area contributed by atoms with E-state index in [1.165, 1.54) is 6.34 Å². The average Bonchev–Trinajstić information content (AvgIpc) is 2.14. The van der Waals surface area contributed by atoms with Crippen molar-refractivity contribution in [2.75, 3.05) is 26.0 Å². The Morgan fingerprint density at radius 3 is 2.92 bits per heavy atom. The van der Waals surface area contributed by atoms with Crippen LogP contribution in [-0.4, -0.2) is 32.4 Å². The van der Waals surface area contributed by atoms with Crippen LogP contribution < -0.4 is 0 Å². The zero-order valence-electron chi connectivity index (χ0n) is 7.97. The van der Waals surface area contributed by atoms with E-state index < -0.39 is 6.12 Å². The maximum Gasteiger partial charge on any atom is 0.154 e. The van der Waals surface area contributed by atoms with Crippen LogP contribution in [0, 0.1) is 0 Å². The van der Waals surface area contributed by atoms with Gasteiger partial charge in [-0.15, -0.1) is 0 Å². The van der Waals surface area contributed by atoms with Gasteiger partial charge in [-0.3, -0.25) is 4.99 Å². The van der Waals surface area contributed by atoms with Crippen molar-refractivity contribution in [3.8, 4) is 0 Å². The molecule has 0 saturated carbocycles. The van der Waals surface area contributed by atoms with Crippen molar-refractivity contribution < 1.29 is 4.74 Å². The zero-order valence-corrected chi connectivity index (χ0v) is 10.5. The molecule has 76 valence electrons. The molecule has 1 atom stereocenters. The molecule has 13 heavy (non-hydrogen) atoms. The fraction of sp³-hybridized carbons (Fsp3) is 0.857. The summed E-state index contributed by atoms with van der Waals surface area (Å²) in [4.78, 5) is 3.75. The number of hydrogen-bond donors (Lipinski definition) is 0. The Morgan fingerprint density at radius 2 is 2.31 bits per heavy atom. The normalized spacial score (nSPS) is 12.7. The van der Waals surface area contributed by atoms with Gasteiger partial charge in [0.15, 0.2) is 6.34 Å². The first kappa shape index (κ1) is 13.4. The highest BCUT2D eigenvalue weighted by Gasteiger charge is 1.97. The van der Waals surface area contributed by atoms with Crippen molar-refractivity contribution in [3.05, 3.63) is 0 Å². The minimum Gasteiger partial charge on any atom is -0.454 e. The minimum atomic E-state index is -0.712. The molecule has 0 spiro atoms. The summed E-state index contributed by atoms with van der Waals surface area (Å²) in [5.74, 6) is 0.927. The van der Waals surface area contributed by atoms with E-state index in [4.69, 9.17) is 17.0 Å². The Labute approximate surface area is 90.1 Å². The van der Waals surface area contributed by atoms with Gasteiger partial charge in [-0.25, -0.2) is 0 Å². The largest absolute Gasteiger partial charge is 0.454 e. The van der Waals surface area contributed by atoms with E-state index in [9.17, 15) is 0 Å². The van der Waals surface area contributed by atoms with Crippen LogP contribution in [0.5, 0.6) is 0 Å². The number of nitrogens with zero attached hydrogens (tertiary/aromatic N) is 2. The maximum atomic E-state index is 5.31. The molecule has 0 fully saturated rings. The molecular formula is C7H15N2OPS2. The van der Waals surface area contributed by atoms with Crippen LogP contribution in [0.15, 0.2) is 9.74 Å². The zero-order chi connectivity index (χ0) is 9.94. The van der Waals surface area contributed by atoms with E-state index >= 15 is 0 Å². The summed E-state index contributed by atoms with van der Waals surface area (Å²) in [6, 6.07) is 0. The third-order valence-corrected chi connectivity index (χ3v) is 4.63. The van der Waals surface area contributed by atoms with Gasteiger partial charge in [-0.05, 0) is 6.42 Å². The van der Waals surface area contributed by atoms with E-state index in [0.717, 1.165) is 25.4 Å². The molecule has 0 N–H and O–H groups in total. The lowest BCUT2D eigenvalue weighted by Gasteiger charge is -1.98. The van der Waals surface area contributed by atoms with Gasteiger partial charge in [0, 0.05) is 13.7 Å². The molecular weight excluding hydrogens is 223 g/mol. The van der Waals surface area contributed by atoms with Crippen LogP contribution in [0.2, 0.25) is 0 Å². The van der Waals surface area contributed by atoms with Gasteiger partial charge in [-0.1, -0.05) is 11.7 Å². The summed E-state index contributed by atoms with van der Waals surface area (Å²) >= 11 is 6.76. The molecule has 0 aromatic rings. The van der Waals surface area contributed by atoms with E-state index in [1.54, 1.807) is 18.4 Å². The molecule has 0 rings (SSSR count). The number of ether oxygens (including phenoxy) is 1. The van der Waals surface area contributed by atoms with Gasteiger partial charge >= 0.3 is 0 Å². The Balaban J connectivity index is 3.31. The fourth-order valence-corrected chi connectivity index (χ4v) is 2.97. The molecule has 0 aliphatic carbocycles. The monoisotopic (exact) mass is 238 g/mol. The molecule has 0 aromatic carbocycles. The summed E-state index contributed by atoms with van der Waals surface area (Å²) in [6.45, 7) is 3.70. The van der Waals surface area contributed by atoms with Crippen LogP contribution in [0.25, 0.3) is 0 Å². The smallest absolute Gasteiger partial charge is 0.154 e. The summed E-state index contributed by atoms with van der Waals surface area (Å²) < 4.78 is 9.36. The third-order valence-electron chi connectivity index (χ3n) is 1.04. The predicted molar refractivity (Wildman–Crippen MR) is 64.7 cm³/mol. The van der Waals surface area contributed by atoms with Crippen molar-refractivity contribution in [1.82, 2.24) is 0 Å². The lowest BCUT2D eigenvalue weighted by molar-refractivity contribution is 0.151. The second-order valence-electron chi connectivity index (χ2n) is 2.17. The Morgan fingerprint density at radius 1 is 1.54 bits per heavy atom. The Bertz CT molecular complexity index is 176. The first-order valence-electron chi connectivity index (χ1n) is 4.10. The van der Waals surface area contributed by atoms with Gasteiger partial charge in [-0.2, -0.15) is 0 Å². The lowest BCUT2D eigenvalue weighted by Crippen LogP contribution is -1.96. The molecule has 0 bridgehead atoms. The molecule has 0 radical (unpaired) electrons. The van der Waals surface area contributed by atoms with E-state index in [-0.39, 0.29) is 0 Å². The van der Waals surface area contributed by atoms with Crippen molar-refractivity contribution >= 4 is 36.1 Å². The molecule has 0 saturated heterocycles. The second kappa shape index (κ2) is 10.5. The highest BCUT2D eigenvalue weighted by atomic mass is 33.1. The third kappa shape index (κ3) is 10.4. The number of hydrogen-bond acceptors (Lipinski definition) is 4. The number of rotatable bonds is 7. The molecule has 0 aliphatic rings. The standard InChI is InChI=1S/C7H15N2OPS2/c1-3-4-10-5-6-13-11(12)9-7-8-2/h7H,3-6H2,1-2H3. The number of aliphatic imine (C=N–C) groups is 1.